The lowest BCUT2D eigenvalue weighted by molar-refractivity contribution is 0.252. The van der Waals surface area contributed by atoms with E-state index in [9.17, 15) is 4.79 Å². The maximum atomic E-state index is 11.9. The Kier molecular flexibility index (Phi) is 4.96. The Morgan fingerprint density at radius 1 is 1.24 bits per heavy atom. The summed E-state index contributed by atoms with van der Waals surface area (Å²) in [6, 6.07) is 7.74. The highest BCUT2D eigenvalue weighted by molar-refractivity contribution is 7.11. The molecule has 1 heterocycles. The van der Waals surface area contributed by atoms with Crippen LogP contribution in [-0.2, 0) is 6.54 Å². The zero-order valence-corrected chi connectivity index (χ0v) is 13.7. The fourth-order valence-corrected chi connectivity index (χ4v) is 2.90. The lowest BCUT2D eigenvalue weighted by Crippen LogP contribution is -2.28. The van der Waals surface area contributed by atoms with Crippen LogP contribution in [0.15, 0.2) is 24.3 Å². The summed E-state index contributed by atoms with van der Waals surface area (Å²) in [5.74, 6) is 0.491. The Labute approximate surface area is 129 Å². The maximum absolute atomic E-state index is 11.9. The molecule has 21 heavy (non-hydrogen) atoms. The molecule has 2 aromatic rings. The van der Waals surface area contributed by atoms with E-state index in [0.29, 0.717) is 12.5 Å². The minimum absolute atomic E-state index is 0.197. The number of nitrogens with zero attached hydrogens (tertiary/aromatic N) is 1. The van der Waals surface area contributed by atoms with Gasteiger partial charge in [0.2, 0.25) is 0 Å². The van der Waals surface area contributed by atoms with Crippen LogP contribution in [0.25, 0.3) is 0 Å². The Bertz CT molecular complexity index is 617. The third-order valence-electron chi connectivity index (χ3n) is 3.24. The molecule has 112 valence electrons. The summed E-state index contributed by atoms with van der Waals surface area (Å²) in [6.45, 7) is 8.73. The van der Waals surface area contributed by atoms with Crippen LogP contribution >= 0.6 is 11.3 Å². The van der Waals surface area contributed by atoms with Gasteiger partial charge in [0.15, 0.2) is 0 Å². The molecule has 2 N–H and O–H groups in total. The molecule has 0 spiro atoms. The van der Waals surface area contributed by atoms with Crippen molar-refractivity contribution in [1.29, 1.82) is 0 Å². The maximum Gasteiger partial charge on any atom is 0.319 e. The highest BCUT2D eigenvalue weighted by Gasteiger charge is 2.07. The molecule has 0 aliphatic rings. The highest BCUT2D eigenvalue weighted by atomic mass is 32.1. The summed E-state index contributed by atoms with van der Waals surface area (Å²) >= 11 is 1.61. The Morgan fingerprint density at radius 3 is 2.43 bits per heavy atom. The molecule has 0 bridgehead atoms. The first-order valence-corrected chi connectivity index (χ1v) is 7.85. The smallest absolute Gasteiger partial charge is 0.319 e. The molecule has 0 aliphatic carbocycles. The van der Waals surface area contributed by atoms with E-state index >= 15 is 0 Å². The van der Waals surface area contributed by atoms with Crippen molar-refractivity contribution in [3.63, 3.8) is 0 Å². The van der Waals surface area contributed by atoms with Gasteiger partial charge >= 0.3 is 6.03 Å². The van der Waals surface area contributed by atoms with E-state index in [-0.39, 0.29) is 6.03 Å². The third-order valence-corrected chi connectivity index (χ3v) is 4.32. The minimum atomic E-state index is -0.197. The van der Waals surface area contributed by atoms with Gasteiger partial charge in [0.25, 0.3) is 0 Å². The predicted molar refractivity (Wildman–Crippen MR) is 88.0 cm³/mol. The Hall–Kier alpha value is -1.88. The molecule has 0 atom stereocenters. The molecule has 0 radical (unpaired) electrons. The molecule has 1 aromatic carbocycles. The summed E-state index contributed by atoms with van der Waals surface area (Å²) in [6.07, 6.45) is 0. The number of aromatic nitrogens is 1. The van der Waals surface area contributed by atoms with Gasteiger partial charge in [0, 0.05) is 10.6 Å². The first-order valence-electron chi connectivity index (χ1n) is 7.03. The average Bonchev–Trinajstić information content (AvgIpc) is 2.75. The van der Waals surface area contributed by atoms with Crippen molar-refractivity contribution in [2.45, 2.75) is 40.2 Å². The van der Waals surface area contributed by atoms with Crippen LogP contribution in [0.1, 0.15) is 40.9 Å². The molecule has 2 rings (SSSR count). The van der Waals surface area contributed by atoms with Gasteiger partial charge in [0.05, 0.1) is 17.2 Å². The molecular weight excluding hydrogens is 282 g/mol. The monoisotopic (exact) mass is 303 g/mol. The summed E-state index contributed by atoms with van der Waals surface area (Å²) in [5, 5.41) is 6.72. The summed E-state index contributed by atoms with van der Waals surface area (Å²) < 4.78 is 0. The third kappa shape index (κ3) is 4.29. The van der Waals surface area contributed by atoms with Gasteiger partial charge in [-0.1, -0.05) is 26.0 Å². The number of carbonyl (C=O) groups is 1. The molecule has 0 aliphatic heterocycles. The van der Waals surface area contributed by atoms with Crippen molar-refractivity contribution in [3.8, 4) is 0 Å². The van der Waals surface area contributed by atoms with Gasteiger partial charge in [-0.25, -0.2) is 9.78 Å². The fraction of sp³-hybridized carbons (Fsp3) is 0.375. The van der Waals surface area contributed by atoms with Crippen LogP contribution in [0.5, 0.6) is 0 Å². The summed E-state index contributed by atoms with van der Waals surface area (Å²) in [5.41, 5.74) is 3.05. The van der Waals surface area contributed by atoms with E-state index in [2.05, 4.69) is 29.5 Å². The number of benzene rings is 1. The minimum Gasteiger partial charge on any atom is -0.333 e. The molecular formula is C16H21N3OS. The van der Waals surface area contributed by atoms with Gasteiger partial charge in [-0.05, 0) is 37.5 Å². The molecule has 0 fully saturated rings. The fourth-order valence-electron chi connectivity index (χ4n) is 2.02. The lowest BCUT2D eigenvalue weighted by atomic mass is 10.0. The number of nitrogens with one attached hydrogen (secondary N) is 2. The van der Waals surface area contributed by atoms with Crippen LogP contribution in [0.4, 0.5) is 10.5 Å². The molecule has 5 heteroatoms. The van der Waals surface area contributed by atoms with E-state index in [1.165, 1.54) is 5.56 Å². The zero-order valence-electron chi connectivity index (χ0n) is 12.9. The lowest BCUT2D eigenvalue weighted by Gasteiger charge is -2.09. The number of urea groups is 1. The summed E-state index contributed by atoms with van der Waals surface area (Å²) in [7, 11) is 0. The quantitative estimate of drug-likeness (QED) is 0.889. The molecule has 0 saturated heterocycles. The second-order valence-electron chi connectivity index (χ2n) is 5.33. The molecule has 1 aromatic heterocycles. The number of aryl methyl sites for hydroxylation is 2. The van der Waals surface area contributed by atoms with Crippen LogP contribution < -0.4 is 10.6 Å². The molecule has 2 amide bonds. The zero-order chi connectivity index (χ0) is 15.4. The van der Waals surface area contributed by atoms with E-state index in [1.807, 2.05) is 38.1 Å². The van der Waals surface area contributed by atoms with Crippen LogP contribution in [0.3, 0.4) is 0 Å². The van der Waals surface area contributed by atoms with E-state index in [4.69, 9.17) is 0 Å². The van der Waals surface area contributed by atoms with Gasteiger partial charge in [0.1, 0.15) is 0 Å². The van der Waals surface area contributed by atoms with Crippen molar-refractivity contribution >= 4 is 23.1 Å². The van der Waals surface area contributed by atoms with Crippen molar-refractivity contribution in [3.05, 3.63) is 45.4 Å². The van der Waals surface area contributed by atoms with Gasteiger partial charge < -0.3 is 10.6 Å². The first kappa shape index (κ1) is 15.5. The normalized spacial score (nSPS) is 10.7. The number of rotatable bonds is 4. The van der Waals surface area contributed by atoms with Crippen molar-refractivity contribution < 1.29 is 4.79 Å². The van der Waals surface area contributed by atoms with Crippen LogP contribution in [-0.4, -0.2) is 11.0 Å². The average molecular weight is 303 g/mol. The van der Waals surface area contributed by atoms with Crippen molar-refractivity contribution in [1.82, 2.24) is 10.3 Å². The molecule has 0 unspecified atom stereocenters. The van der Waals surface area contributed by atoms with Gasteiger partial charge in [-0.15, -0.1) is 11.3 Å². The topological polar surface area (TPSA) is 54.0 Å². The summed E-state index contributed by atoms with van der Waals surface area (Å²) in [4.78, 5) is 17.3. The first-order chi connectivity index (χ1) is 9.95. The van der Waals surface area contributed by atoms with Gasteiger partial charge in [-0.2, -0.15) is 0 Å². The van der Waals surface area contributed by atoms with E-state index in [0.717, 1.165) is 21.3 Å². The van der Waals surface area contributed by atoms with Crippen molar-refractivity contribution in [2.24, 2.45) is 0 Å². The van der Waals surface area contributed by atoms with Crippen LogP contribution in [0, 0.1) is 13.8 Å². The Morgan fingerprint density at radius 2 is 1.90 bits per heavy atom. The SMILES string of the molecule is Cc1nc(C)c(CNC(=O)Nc2ccc(C(C)C)cc2)s1. The molecule has 0 saturated carbocycles. The number of anilines is 1. The number of carbonyl (C=O) groups excluding carboxylic acids is 1. The largest absolute Gasteiger partial charge is 0.333 e. The predicted octanol–water partition coefficient (Wildman–Crippen LogP) is 4.21. The Balaban J connectivity index is 1.88. The second-order valence-corrected chi connectivity index (χ2v) is 6.61. The van der Waals surface area contributed by atoms with Crippen LogP contribution in [0.2, 0.25) is 0 Å². The number of hydrogen-bond donors (Lipinski definition) is 2. The standard InChI is InChI=1S/C16H21N3OS/c1-10(2)13-5-7-14(8-6-13)19-16(20)17-9-15-11(3)18-12(4)21-15/h5-8,10H,9H2,1-4H3,(H2,17,19,20). The highest BCUT2D eigenvalue weighted by Crippen LogP contribution is 2.18. The van der Waals surface area contributed by atoms with E-state index < -0.39 is 0 Å². The number of amides is 2. The number of thiazole rings is 1. The second kappa shape index (κ2) is 6.72. The van der Waals surface area contributed by atoms with E-state index in [1.54, 1.807) is 11.3 Å². The number of hydrogen-bond acceptors (Lipinski definition) is 3. The molecule has 4 nitrogen and oxygen atoms in total. The van der Waals surface area contributed by atoms with Gasteiger partial charge in [-0.3, -0.25) is 0 Å². The van der Waals surface area contributed by atoms with Crippen molar-refractivity contribution in [2.75, 3.05) is 5.32 Å².